The van der Waals surface area contributed by atoms with E-state index in [0.717, 1.165) is 11.1 Å². The molecule has 3 aromatic carbocycles. The Bertz CT molecular complexity index is 1000. The summed E-state index contributed by atoms with van der Waals surface area (Å²) in [7, 11) is 0. The molecule has 0 aliphatic rings. The van der Waals surface area contributed by atoms with Crippen LogP contribution in [0.15, 0.2) is 78.9 Å². The van der Waals surface area contributed by atoms with Gasteiger partial charge in [-0.25, -0.2) is 9.59 Å². The van der Waals surface area contributed by atoms with Gasteiger partial charge >= 0.3 is 11.9 Å². The van der Waals surface area contributed by atoms with E-state index in [2.05, 4.69) is 0 Å². The standard InChI is InChI=1S/C27H30N2O4.3ClH/c1-18(2)25-23(32-26(30)21(28)16-19-10-5-3-6-11-19)14-9-15-24(25)33-27(31)22(29)17-20-12-7-4-8-13-20;;;/h3-15,18,21-22H,16-17,28-29H2,1-2H3;3*1H. The van der Waals surface area contributed by atoms with E-state index in [0.29, 0.717) is 29.9 Å². The Labute approximate surface area is 231 Å². The molecule has 0 aromatic heterocycles. The summed E-state index contributed by atoms with van der Waals surface area (Å²) in [5, 5.41) is 0. The Kier molecular flexibility index (Phi) is 15.0. The summed E-state index contributed by atoms with van der Waals surface area (Å²) in [4.78, 5) is 25.3. The molecule has 0 fully saturated rings. The molecule has 0 amide bonds. The van der Waals surface area contributed by atoms with Crippen LogP contribution < -0.4 is 20.9 Å². The van der Waals surface area contributed by atoms with Crippen LogP contribution >= 0.6 is 37.2 Å². The monoisotopic (exact) mass is 554 g/mol. The Morgan fingerprint density at radius 2 is 1.00 bits per heavy atom. The molecule has 3 rings (SSSR count). The zero-order chi connectivity index (χ0) is 23.8. The van der Waals surface area contributed by atoms with Gasteiger partial charge in [-0.05, 0) is 42.0 Å². The van der Waals surface area contributed by atoms with E-state index in [-0.39, 0.29) is 43.1 Å². The summed E-state index contributed by atoms with van der Waals surface area (Å²) in [5.74, 6) is -0.539. The molecule has 196 valence electrons. The van der Waals surface area contributed by atoms with Gasteiger partial charge in [0.15, 0.2) is 0 Å². The minimum atomic E-state index is -0.821. The summed E-state index contributed by atoms with van der Waals surface area (Å²) >= 11 is 0. The van der Waals surface area contributed by atoms with Crippen molar-refractivity contribution in [3.8, 4) is 11.5 Å². The number of ether oxygens (including phenoxy) is 2. The highest BCUT2D eigenvalue weighted by atomic mass is 35.5. The van der Waals surface area contributed by atoms with Gasteiger partial charge in [-0.15, -0.1) is 37.2 Å². The van der Waals surface area contributed by atoms with E-state index in [1.165, 1.54) is 0 Å². The molecule has 2 unspecified atom stereocenters. The van der Waals surface area contributed by atoms with Crippen molar-refractivity contribution >= 4 is 49.2 Å². The molecule has 4 N–H and O–H groups in total. The molecule has 0 heterocycles. The first kappa shape index (κ1) is 33.4. The summed E-state index contributed by atoms with van der Waals surface area (Å²) in [6, 6.07) is 22.4. The van der Waals surface area contributed by atoms with Gasteiger partial charge in [0.25, 0.3) is 0 Å². The fraction of sp³-hybridized carbons (Fsp3) is 0.259. The number of hydrogen-bond donors (Lipinski definition) is 2. The molecule has 6 nitrogen and oxygen atoms in total. The first-order valence-electron chi connectivity index (χ1n) is 11.0. The van der Waals surface area contributed by atoms with E-state index in [4.69, 9.17) is 20.9 Å². The van der Waals surface area contributed by atoms with Crippen LogP contribution in [0.4, 0.5) is 0 Å². The molecule has 0 aliphatic heterocycles. The topological polar surface area (TPSA) is 105 Å². The average Bonchev–Trinajstić information content (AvgIpc) is 2.80. The molecule has 36 heavy (non-hydrogen) atoms. The molecular formula is C27H33Cl3N2O4. The number of carbonyl (C=O) groups excluding carboxylic acids is 2. The van der Waals surface area contributed by atoms with Crippen LogP contribution in [0, 0.1) is 0 Å². The maximum atomic E-state index is 12.7. The summed E-state index contributed by atoms with van der Waals surface area (Å²) in [5.41, 5.74) is 14.7. The van der Waals surface area contributed by atoms with Gasteiger partial charge in [0.2, 0.25) is 0 Å². The lowest BCUT2D eigenvalue weighted by molar-refractivity contribution is -0.136. The minimum Gasteiger partial charge on any atom is -0.425 e. The van der Waals surface area contributed by atoms with Gasteiger partial charge in [0, 0.05) is 5.56 Å². The molecule has 3 aromatic rings. The zero-order valence-electron chi connectivity index (χ0n) is 20.2. The van der Waals surface area contributed by atoms with E-state index >= 15 is 0 Å². The van der Waals surface area contributed by atoms with Crippen LogP contribution in [0.3, 0.4) is 0 Å². The van der Waals surface area contributed by atoms with Crippen molar-refractivity contribution in [2.75, 3.05) is 0 Å². The molecule has 0 saturated heterocycles. The van der Waals surface area contributed by atoms with Gasteiger partial charge in [-0.3, -0.25) is 0 Å². The van der Waals surface area contributed by atoms with Gasteiger partial charge in [-0.2, -0.15) is 0 Å². The van der Waals surface area contributed by atoms with Crippen molar-refractivity contribution in [2.45, 2.75) is 44.7 Å². The second-order valence-electron chi connectivity index (χ2n) is 8.26. The van der Waals surface area contributed by atoms with Crippen molar-refractivity contribution in [1.29, 1.82) is 0 Å². The first-order valence-corrected chi connectivity index (χ1v) is 11.0. The highest BCUT2D eigenvalue weighted by Crippen LogP contribution is 2.35. The molecule has 0 saturated carbocycles. The van der Waals surface area contributed by atoms with Crippen molar-refractivity contribution in [3.05, 3.63) is 95.6 Å². The van der Waals surface area contributed by atoms with Gasteiger partial charge in [0.05, 0.1) is 0 Å². The third-order valence-electron chi connectivity index (χ3n) is 5.23. The summed E-state index contributed by atoms with van der Waals surface area (Å²) < 4.78 is 11.3. The van der Waals surface area contributed by atoms with Crippen LogP contribution in [0.2, 0.25) is 0 Å². The van der Waals surface area contributed by atoms with E-state index in [9.17, 15) is 9.59 Å². The third-order valence-corrected chi connectivity index (χ3v) is 5.23. The van der Waals surface area contributed by atoms with Crippen molar-refractivity contribution < 1.29 is 19.1 Å². The normalized spacial score (nSPS) is 11.7. The van der Waals surface area contributed by atoms with Crippen LogP contribution in [-0.4, -0.2) is 24.0 Å². The second-order valence-corrected chi connectivity index (χ2v) is 8.26. The number of halogens is 3. The number of esters is 2. The van der Waals surface area contributed by atoms with Crippen molar-refractivity contribution in [1.82, 2.24) is 0 Å². The van der Waals surface area contributed by atoms with Crippen LogP contribution in [0.5, 0.6) is 11.5 Å². The number of nitrogens with two attached hydrogens (primary N) is 2. The largest absolute Gasteiger partial charge is 0.425 e. The number of rotatable bonds is 9. The lowest BCUT2D eigenvalue weighted by Crippen LogP contribution is -2.37. The van der Waals surface area contributed by atoms with E-state index in [1.54, 1.807) is 18.2 Å². The van der Waals surface area contributed by atoms with Gasteiger partial charge in [0.1, 0.15) is 23.6 Å². The maximum absolute atomic E-state index is 12.7. The first-order chi connectivity index (χ1) is 15.8. The molecule has 0 bridgehead atoms. The lowest BCUT2D eigenvalue weighted by atomic mass is 10.0. The Balaban J connectivity index is 0.00000408. The fourth-order valence-corrected chi connectivity index (χ4v) is 3.54. The highest BCUT2D eigenvalue weighted by Gasteiger charge is 2.24. The summed E-state index contributed by atoms with van der Waals surface area (Å²) in [6.07, 6.45) is 0.722. The number of hydrogen-bond acceptors (Lipinski definition) is 6. The predicted molar refractivity (Wildman–Crippen MR) is 150 cm³/mol. The van der Waals surface area contributed by atoms with Gasteiger partial charge < -0.3 is 20.9 Å². The number of benzene rings is 3. The second kappa shape index (κ2) is 16.2. The zero-order valence-corrected chi connectivity index (χ0v) is 22.6. The van der Waals surface area contributed by atoms with Gasteiger partial charge in [-0.1, -0.05) is 80.6 Å². The summed E-state index contributed by atoms with van der Waals surface area (Å²) in [6.45, 7) is 3.86. The molecule has 2 atom stereocenters. The highest BCUT2D eigenvalue weighted by molar-refractivity contribution is 5.86. The maximum Gasteiger partial charge on any atom is 0.328 e. The third kappa shape index (κ3) is 9.45. The van der Waals surface area contributed by atoms with E-state index in [1.807, 2.05) is 74.5 Å². The molecule has 0 aliphatic carbocycles. The van der Waals surface area contributed by atoms with E-state index < -0.39 is 24.0 Å². The molecule has 9 heteroatoms. The molecular weight excluding hydrogens is 523 g/mol. The Hall–Kier alpha value is -2.61. The number of carbonyl (C=O) groups is 2. The Morgan fingerprint density at radius 1 is 0.639 bits per heavy atom. The quantitative estimate of drug-likeness (QED) is 0.284. The average molecular weight is 556 g/mol. The fourth-order valence-electron chi connectivity index (χ4n) is 3.54. The minimum absolute atomic E-state index is 0. The molecule has 0 radical (unpaired) electrons. The molecule has 0 spiro atoms. The Morgan fingerprint density at radius 3 is 1.33 bits per heavy atom. The lowest BCUT2D eigenvalue weighted by Gasteiger charge is -2.19. The smallest absolute Gasteiger partial charge is 0.328 e. The SMILES string of the molecule is CC(C)c1c(OC(=O)C(N)Cc2ccccc2)cccc1OC(=O)C(N)Cc1ccccc1.Cl.Cl.Cl. The van der Waals surface area contributed by atoms with Crippen LogP contribution in [0.25, 0.3) is 0 Å². The predicted octanol–water partition coefficient (Wildman–Crippen LogP) is 5.03. The van der Waals surface area contributed by atoms with Crippen molar-refractivity contribution in [2.24, 2.45) is 11.5 Å². The van der Waals surface area contributed by atoms with Crippen LogP contribution in [0.1, 0.15) is 36.5 Å². The van der Waals surface area contributed by atoms with Crippen LogP contribution in [-0.2, 0) is 22.4 Å². The van der Waals surface area contributed by atoms with Crippen molar-refractivity contribution in [3.63, 3.8) is 0 Å².